The minimum absolute atomic E-state index is 0.212. The van der Waals surface area contributed by atoms with E-state index in [1.54, 1.807) is 18.2 Å². The van der Waals surface area contributed by atoms with Gasteiger partial charge >= 0.3 is 0 Å². The molecular weight excluding hydrogens is 391 g/mol. The molecule has 1 unspecified atom stereocenters. The Morgan fingerprint density at radius 3 is 2.65 bits per heavy atom. The largest absolute Gasteiger partial charge is 0.482 e. The number of carbonyl (C=O) groups is 1. The third-order valence-corrected chi connectivity index (χ3v) is 4.59. The Kier molecular flexibility index (Phi) is 7.69. The van der Waals surface area contributed by atoms with Gasteiger partial charge < -0.3 is 10.1 Å². The number of carbonyl (C=O) groups excluding carboxylic acids is 1. The highest BCUT2D eigenvalue weighted by atomic mass is 35.5. The summed E-state index contributed by atoms with van der Waals surface area (Å²) in [4.78, 5) is 12.0. The van der Waals surface area contributed by atoms with Crippen molar-refractivity contribution in [2.45, 2.75) is 26.2 Å². The summed E-state index contributed by atoms with van der Waals surface area (Å²) in [7, 11) is 0. The van der Waals surface area contributed by atoms with Crippen LogP contribution in [0.15, 0.2) is 42.5 Å². The molecule has 0 aliphatic rings. The van der Waals surface area contributed by atoms with Crippen molar-refractivity contribution in [1.82, 2.24) is 5.32 Å². The molecule has 0 spiro atoms. The maximum Gasteiger partial charge on any atom is 0.264 e. The van der Waals surface area contributed by atoms with Gasteiger partial charge in [-0.05, 0) is 54.4 Å². The predicted molar refractivity (Wildman–Crippen MR) is 111 cm³/mol. The van der Waals surface area contributed by atoms with Crippen LogP contribution in [-0.2, 0) is 4.79 Å². The molecule has 2 aromatic rings. The van der Waals surface area contributed by atoms with Crippen LogP contribution in [0.1, 0.15) is 31.7 Å². The number of benzene rings is 2. The van der Waals surface area contributed by atoms with Gasteiger partial charge in [-0.3, -0.25) is 10.1 Å². The molecule has 0 heterocycles. The topological polar surface area (TPSA) is 50.4 Å². The molecule has 0 radical (unpaired) electrons. The van der Waals surface area contributed by atoms with Crippen LogP contribution in [0.2, 0.25) is 10.0 Å². The second-order valence-corrected chi connectivity index (χ2v) is 7.01. The van der Waals surface area contributed by atoms with E-state index < -0.39 is 0 Å². The molecule has 0 aromatic heterocycles. The second kappa shape index (κ2) is 9.76. The van der Waals surface area contributed by atoms with Gasteiger partial charge in [-0.25, -0.2) is 0 Å². The Morgan fingerprint density at radius 1 is 1.23 bits per heavy atom. The Morgan fingerprint density at radius 2 is 1.96 bits per heavy atom. The fraction of sp³-hybridized carbons (Fsp3) is 0.263. The lowest BCUT2D eigenvalue weighted by molar-refractivity contribution is -0.121. The van der Waals surface area contributed by atoms with Crippen molar-refractivity contribution in [2.24, 2.45) is 0 Å². The van der Waals surface area contributed by atoms with Gasteiger partial charge in [0, 0.05) is 10.7 Å². The van der Waals surface area contributed by atoms with Gasteiger partial charge in [0.15, 0.2) is 11.7 Å². The zero-order chi connectivity index (χ0) is 19.1. The molecule has 0 saturated heterocycles. The SMILES string of the molecule is CCC(C)c1ccccc1NC(=S)NC(=O)COc1ccc(Cl)cc1Cl. The molecular formula is C19H20Cl2N2O2S. The van der Waals surface area contributed by atoms with Crippen LogP contribution >= 0.6 is 35.4 Å². The average molecular weight is 411 g/mol. The van der Waals surface area contributed by atoms with Crippen molar-refractivity contribution >= 4 is 52.1 Å². The van der Waals surface area contributed by atoms with E-state index in [0.717, 1.165) is 17.7 Å². The number of amides is 1. The zero-order valence-electron chi connectivity index (χ0n) is 14.5. The number of hydrogen-bond donors (Lipinski definition) is 2. The maximum absolute atomic E-state index is 12.0. The molecule has 0 fully saturated rings. The highest BCUT2D eigenvalue weighted by Gasteiger charge is 2.12. The highest BCUT2D eigenvalue weighted by Crippen LogP contribution is 2.28. The smallest absolute Gasteiger partial charge is 0.264 e. The van der Waals surface area contributed by atoms with Gasteiger partial charge in [-0.1, -0.05) is 55.2 Å². The van der Waals surface area contributed by atoms with Crippen molar-refractivity contribution in [3.05, 3.63) is 58.1 Å². The summed E-state index contributed by atoms with van der Waals surface area (Å²) in [5.74, 6) is 0.384. The first-order valence-corrected chi connectivity index (χ1v) is 9.34. The maximum atomic E-state index is 12.0. The molecule has 2 rings (SSSR count). The molecule has 2 aromatic carbocycles. The van der Waals surface area contributed by atoms with E-state index in [9.17, 15) is 4.79 Å². The van der Waals surface area contributed by atoms with Gasteiger partial charge in [-0.2, -0.15) is 0 Å². The molecule has 138 valence electrons. The third kappa shape index (κ3) is 5.87. The summed E-state index contributed by atoms with van der Waals surface area (Å²) in [5.41, 5.74) is 2.03. The van der Waals surface area contributed by atoms with Crippen LogP contribution in [0.4, 0.5) is 5.69 Å². The lowest BCUT2D eigenvalue weighted by Gasteiger charge is -2.17. The van der Waals surface area contributed by atoms with Crippen molar-refractivity contribution in [1.29, 1.82) is 0 Å². The average Bonchev–Trinajstić information content (AvgIpc) is 2.60. The van der Waals surface area contributed by atoms with Crippen molar-refractivity contribution in [3.8, 4) is 5.75 Å². The second-order valence-electron chi connectivity index (χ2n) is 5.76. The Bertz CT molecular complexity index is 799. The quantitative estimate of drug-likeness (QED) is 0.625. The van der Waals surface area contributed by atoms with Gasteiger partial charge in [0.05, 0.1) is 5.02 Å². The molecule has 1 atom stereocenters. The number of rotatable bonds is 6. The molecule has 7 heteroatoms. The number of halogens is 2. The predicted octanol–water partition coefficient (Wildman–Crippen LogP) is 5.40. The Balaban J connectivity index is 1.91. The van der Waals surface area contributed by atoms with Crippen LogP contribution in [0.3, 0.4) is 0 Å². The summed E-state index contributed by atoms with van der Waals surface area (Å²) >= 11 is 17.1. The molecule has 2 N–H and O–H groups in total. The van der Waals surface area contributed by atoms with E-state index in [0.29, 0.717) is 21.7 Å². The summed E-state index contributed by atoms with van der Waals surface area (Å²) in [6, 6.07) is 12.7. The number of nitrogens with one attached hydrogen (secondary N) is 2. The fourth-order valence-electron chi connectivity index (χ4n) is 2.31. The van der Waals surface area contributed by atoms with Gasteiger partial charge in [0.25, 0.3) is 5.91 Å². The summed E-state index contributed by atoms with van der Waals surface area (Å²) in [5, 5.41) is 6.73. The van der Waals surface area contributed by atoms with E-state index in [1.165, 1.54) is 0 Å². The van der Waals surface area contributed by atoms with Gasteiger partial charge in [0.1, 0.15) is 5.75 Å². The molecule has 4 nitrogen and oxygen atoms in total. The minimum atomic E-state index is -0.380. The first kappa shape index (κ1) is 20.5. The van der Waals surface area contributed by atoms with Crippen LogP contribution in [-0.4, -0.2) is 17.6 Å². The molecule has 0 bridgehead atoms. The molecule has 0 saturated carbocycles. The number of ether oxygens (including phenoxy) is 1. The fourth-order valence-corrected chi connectivity index (χ4v) is 3.00. The zero-order valence-corrected chi connectivity index (χ0v) is 16.8. The molecule has 26 heavy (non-hydrogen) atoms. The lowest BCUT2D eigenvalue weighted by Crippen LogP contribution is -2.37. The first-order chi connectivity index (χ1) is 12.4. The van der Waals surface area contributed by atoms with Crippen LogP contribution in [0.5, 0.6) is 5.75 Å². The monoisotopic (exact) mass is 410 g/mol. The van der Waals surface area contributed by atoms with Gasteiger partial charge in [0.2, 0.25) is 0 Å². The standard InChI is InChI=1S/C19H20Cl2N2O2S/c1-3-12(2)14-6-4-5-7-16(14)22-19(26)23-18(24)11-25-17-9-8-13(20)10-15(17)21/h4-10,12H,3,11H2,1-2H3,(H2,22,23,24,26). The normalized spacial score (nSPS) is 11.5. The van der Waals surface area contributed by atoms with E-state index in [-0.39, 0.29) is 17.6 Å². The summed E-state index contributed by atoms with van der Waals surface area (Å²) in [6.07, 6.45) is 1.01. The number of anilines is 1. The van der Waals surface area contributed by atoms with Crippen LogP contribution in [0, 0.1) is 0 Å². The van der Waals surface area contributed by atoms with Crippen LogP contribution in [0.25, 0.3) is 0 Å². The van der Waals surface area contributed by atoms with E-state index in [2.05, 4.69) is 24.5 Å². The highest BCUT2D eigenvalue weighted by molar-refractivity contribution is 7.80. The van der Waals surface area contributed by atoms with E-state index in [4.69, 9.17) is 40.2 Å². The number of thiocarbonyl (C=S) groups is 1. The van der Waals surface area contributed by atoms with E-state index in [1.807, 2.05) is 24.3 Å². The third-order valence-electron chi connectivity index (χ3n) is 3.86. The van der Waals surface area contributed by atoms with E-state index >= 15 is 0 Å². The summed E-state index contributed by atoms with van der Waals surface area (Å²) < 4.78 is 5.39. The van der Waals surface area contributed by atoms with Crippen LogP contribution < -0.4 is 15.4 Å². The minimum Gasteiger partial charge on any atom is -0.482 e. The molecule has 0 aliphatic heterocycles. The molecule has 0 aliphatic carbocycles. The number of hydrogen-bond acceptors (Lipinski definition) is 3. The number of para-hydroxylation sites is 1. The Labute approximate surface area is 168 Å². The first-order valence-electron chi connectivity index (χ1n) is 8.18. The lowest BCUT2D eigenvalue weighted by atomic mass is 9.97. The molecule has 1 amide bonds. The van der Waals surface area contributed by atoms with Crippen molar-refractivity contribution in [3.63, 3.8) is 0 Å². The van der Waals surface area contributed by atoms with Gasteiger partial charge in [-0.15, -0.1) is 0 Å². The van der Waals surface area contributed by atoms with Crippen molar-refractivity contribution < 1.29 is 9.53 Å². The Hall–Kier alpha value is -1.82. The van der Waals surface area contributed by atoms with Crippen molar-refractivity contribution in [2.75, 3.05) is 11.9 Å². The summed E-state index contributed by atoms with van der Waals surface area (Å²) in [6.45, 7) is 4.06.